The Morgan fingerprint density at radius 3 is 2.14 bits per heavy atom. The Bertz CT molecular complexity index is 975. The molecule has 2 aromatic carbocycles. The van der Waals surface area contributed by atoms with Crippen LogP contribution >= 0.6 is 11.6 Å². The van der Waals surface area contributed by atoms with Crippen LogP contribution in [-0.4, -0.2) is 48.9 Å². The Hall–Kier alpha value is -3.32. The van der Waals surface area contributed by atoms with Crippen LogP contribution in [0.2, 0.25) is 5.02 Å². The largest absolute Gasteiger partial charge is 0.493 e. The number of urea groups is 1. The lowest BCUT2D eigenvalue weighted by Crippen LogP contribution is -2.52. The van der Waals surface area contributed by atoms with Gasteiger partial charge in [-0.05, 0) is 41.5 Å². The number of likely N-dealkylation sites (N-methyl/N-ethyl adjacent to an activating group) is 2. The van der Waals surface area contributed by atoms with Crippen molar-refractivity contribution in [2.45, 2.75) is 6.61 Å². The smallest absolute Gasteiger partial charge is 0.333 e. The molecular weight excluding hydrogens is 396 g/mol. The van der Waals surface area contributed by atoms with Gasteiger partial charge in [0, 0.05) is 19.1 Å². The third kappa shape index (κ3) is 4.25. The van der Waals surface area contributed by atoms with Gasteiger partial charge in [0.05, 0.1) is 7.11 Å². The molecule has 2 aromatic rings. The van der Waals surface area contributed by atoms with Gasteiger partial charge in [0.15, 0.2) is 11.5 Å². The van der Waals surface area contributed by atoms with Crippen molar-refractivity contribution in [3.05, 3.63) is 64.2 Å². The summed E-state index contributed by atoms with van der Waals surface area (Å²) in [4.78, 5) is 38.3. The molecule has 0 N–H and O–H groups in total. The summed E-state index contributed by atoms with van der Waals surface area (Å²) in [6.45, 7) is 0.322. The fourth-order valence-corrected chi connectivity index (χ4v) is 2.90. The molecule has 0 saturated carbocycles. The Balaban J connectivity index is 1.83. The van der Waals surface area contributed by atoms with E-state index in [2.05, 4.69) is 0 Å². The molecule has 1 heterocycles. The van der Waals surface area contributed by atoms with Crippen molar-refractivity contribution in [1.82, 2.24) is 9.80 Å². The SMILES string of the molecule is COc1cc(C=C2C(=O)N(C)C(=O)N(C)C2=O)ccc1OCc1ccc(Cl)cc1. The molecule has 1 fully saturated rings. The molecule has 3 rings (SSSR count). The van der Waals surface area contributed by atoms with Gasteiger partial charge in [-0.2, -0.15) is 0 Å². The van der Waals surface area contributed by atoms with Gasteiger partial charge >= 0.3 is 6.03 Å². The average Bonchev–Trinajstić information content (AvgIpc) is 2.74. The minimum atomic E-state index is -0.666. The van der Waals surface area contributed by atoms with E-state index >= 15 is 0 Å². The number of carbonyl (C=O) groups is 3. The van der Waals surface area contributed by atoms with Gasteiger partial charge in [-0.25, -0.2) is 4.79 Å². The van der Waals surface area contributed by atoms with E-state index in [0.29, 0.717) is 28.7 Å². The number of halogens is 1. The number of barbiturate groups is 1. The summed E-state index contributed by atoms with van der Waals surface area (Å²) in [5.41, 5.74) is 1.40. The minimum Gasteiger partial charge on any atom is -0.493 e. The lowest BCUT2D eigenvalue weighted by Gasteiger charge is -2.28. The molecule has 29 heavy (non-hydrogen) atoms. The van der Waals surface area contributed by atoms with Crippen molar-refractivity contribution in [3.63, 3.8) is 0 Å². The van der Waals surface area contributed by atoms with Crippen molar-refractivity contribution in [1.29, 1.82) is 0 Å². The highest BCUT2D eigenvalue weighted by Gasteiger charge is 2.37. The second-order valence-electron chi connectivity index (χ2n) is 6.39. The molecule has 0 spiro atoms. The second-order valence-corrected chi connectivity index (χ2v) is 6.83. The molecule has 1 aliphatic heterocycles. The van der Waals surface area contributed by atoms with Gasteiger partial charge in [0.2, 0.25) is 0 Å². The van der Waals surface area contributed by atoms with Crippen LogP contribution in [0.3, 0.4) is 0 Å². The van der Waals surface area contributed by atoms with E-state index in [4.69, 9.17) is 21.1 Å². The van der Waals surface area contributed by atoms with E-state index in [0.717, 1.165) is 15.4 Å². The zero-order chi connectivity index (χ0) is 21.1. The van der Waals surface area contributed by atoms with Crippen LogP contribution in [0.4, 0.5) is 4.79 Å². The summed E-state index contributed by atoms with van der Waals surface area (Å²) in [5, 5.41) is 0.647. The molecule has 0 bridgehead atoms. The van der Waals surface area contributed by atoms with E-state index in [9.17, 15) is 14.4 Å². The normalized spacial score (nSPS) is 14.3. The van der Waals surface area contributed by atoms with E-state index in [1.165, 1.54) is 27.3 Å². The number of benzene rings is 2. The second kappa shape index (κ2) is 8.36. The molecule has 8 heteroatoms. The van der Waals surface area contributed by atoms with Crippen molar-refractivity contribution in [2.75, 3.05) is 21.2 Å². The number of carbonyl (C=O) groups excluding carboxylic acids is 3. The first kappa shape index (κ1) is 20.4. The Kier molecular flexibility index (Phi) is 5.89. The van der Waals surface area contributed by atoms with Crippen LogP contribution in [0.25, 0.3) is 6.08 Å². The number of ether oxygens (including phenoxy) is 2. The first-order valence-electron chi connectivity index (χ1n) is 8.69. The van der Waals surface area contributed by atoms with Crippen LogP contribution in [-0.2, 0) is 16.2 Å². The molecule has 0 radical (unpaired) electrons. The number of amides is 4. The summed E-state index contributed by atoms with van der Waals surface area (Å²) in [5.74, 6) is -0.350. The number of rotatable bonds is 5. The number of hydrogen-bond donors (Lipinski definition) is 0. The maximum absolute atomic E-state index is 12.3. The predicted molar refractivity (Wildman–Crippen MR) is 108 cm³/mol. The molecule has 0 aliphatic carbocycles. The quantitative estimate of drug-likeness (QED) is 0.554. The average molecular weight is 415 g/mol. The third-order valence-electron chi connectivity index (χ3n) is 4.45. The number of hydrogen-bond acceptors (Lipinski definition) is 5. The third-order valence-corrected chi connectivity index (χ3v) is 4.70. The molecule has 1 aliphatic rings. The minimum absolute atomic E-state index is 0.105. The van der Waals surface area contributed by atoms with Crippen LogP contribution in [0.15, 0.2) is 48.0 Å². The van der Waals surface area contributed by atoms with Crippen LogP contribution in [0.1, 0.15) is 11.1 Å². The zero-order valence-corrected chi connectivity index (χ0v) is 16.9. The van der Waals surface area contributed by atoms with Crippen molar-refractivity contribution in [3.8, 4) is 11.5 Å². The topological polar surface area (TPSA) is 76.2 Å². The highest BCUT2D eigenvalue weighted by Crippen LogP contribution is 2.30. The Labute approximate surface area is 173 Å². The Morgan fingerprint density at radius 2 is 1.55 bits per heavy atom. The van der Waals surface area contributed by atoms with Crippen LogP contribution in [0.5, 0.6) is 11.5 Å². The van der Waals surface area contributed by atoms with Gasteiger partial charge < -0.3 is 9.47 Å². The summed E-state index contributed by atoms with van der Waals surface area (Å²) in [6.07, 6.45) is 1.43. The summed E-state index contributed by atoms with van der Waals surface area (Å²) in [6, 6.07) is 11.7. The monoisotopic (exact) mass is 414 g/mol. The van der Waals surface area contributed by atoms with Crippen LogP contribution in [0, 0.1) is 0 Å². The van der Waals surface area contributed by atoms with Crippen molar-refractivity contribution in [2.24, 2.45) is 0 Å². The predicted octanol–water partition coefficient (Wildman–Crippen LogP) is 3.36. The zero-order valence-electron chi connectivity index (χ0n) is 16.1. The number of imide groups is 2. The van der Waals surface area contributed by atoms with E-state index < -0.39 is 17.8 Å². The number of nitrogens with zero attached hydrogens (tertiary/aromatic N) is 2. The van der Waals surface area contributed by atoms with Gasteiger partial charge in [0.1, 0.15) is 12.2 Å². The van der Waals surface area contributed by atoms with E-state index in [1.54, 1.807) is 30.3 Å². The maximum atomic E-state index is 12.3. The van der Waals surface area contributed by atoms with E-state index in [1.807, 2.05) is 12.1 Å². The fourth-order valence-electron chi connectivity index (χ4n) is 2.78. The van der Waals surface area contributed by atoms with Gasteiger partial charge in [-0.1, -0.05) is 29.8 Å². The summed E-state index contributed by atoms with van der Waals surface area (Å²) in [7, 11) is 4.16. The first-order valence-corrected chi connectivity index (χ1v) is 9.06. The standard InChI is InChI=1S/C21H19ClN2O5/c1-23-19(25)16(20(26)24(2)21(23)27)10-14-6-9-17(18(11-14)28-3)29-12-13-4-7-15(22)8-5-13/h4-11H,12H2,1-3H3. The van der Waals surface area contributed by atoms with Crippen molar-refractivity contribution >= 4 is 35.5 Å². The molecule has 0 atom stereocenters. The van der Waals surface area contributed by atoms with Crippen LogP contribution < -0.4 is 9.47 Å². The highest BCUT2D eigenvalue weighted by molar-refractivity contribution is 6.31. The Morgan fingerprint density at radius 1 is 0.931 bits per heavy atom. The maximum Gasteiger partial charge on any atom is 0.333 e. The van der Waals surface area contributed by atoms with E-state index in [-0.39, 0.29) is 5.57 Å². The lowest BCUT2D eigenvalue weighted by atomic mass is 10.1. The fraction of sp³-hybridized carbons (Fsp3) is 0.190. The molecule has 0 unspecified atom stereocenters. The lowest BCUT2D eigenvalue weighted by molar-refractivity contribution is -0.134. The molecule has 7 nitrogen and oxygen atoms in total. The summed E-state index contributed by atoms with van der Waals surface area (Å²) < 4.78 is 11.2. The van der Waals surface area contributed by atoms with Crippen molar-refractivity contribution < 1.29 is 23.9 Å². The van der Waals surface area contributed by atoms with Gasteiger partial charge in [0.25, 0.3) is 11.8 Å². The van der Waals surface area contributed by atoms with Gasteiger partial charge in [-0.3, -0.25) is 19.4 Å². The summed E-state index contributed by atoms with van der Waals surface area (Å²) >= 11 is 5.88. The molecule has 150 valence electrons. The van der Waals surface area contributed by atoms with Gasteiger partial charge in [-0.15, -0.1) is 0 Å². The molecule has 4 amide bonds. The first-order chi connectivity index (χ1) is 13.8. The number of methoxy groups -OCH3 is 1. The highest BCUT2D eigenvalue weighted by atomic mass is 35.5. The molecule has 1 saturated heterocycles. The molecule has 0 aromatic heterocycles. The molecular formula is C21H19ClN2O5.